The minimum absolute atomic E-state index is 0.219. The maximum atomic E-state index is 11.2. The van der Waals surface area contributed by atoms with Crippen LogP contribution in [0.4, 0.5) is 5.82 Å². The van der Waals surface area contributed by atoms with E-state index in [1.54, 1.807) is 12.1 Å². The normalized spacial score (nSPS) is 17.4. The van der Waals surface area contributed by atoms with Crippen LogP contribution in [0.3, 0.4) is 0 Å². The Morgan fingerprint density at radius 2 is 2.05 bits per heavy atom. The lowest BCUT2D eigenvalue weighted by atomic mass is 9.89. The van der Waals surface area contributed by atoms with Gasteiger partial charge in [0.15, 0.2) is 0 Å². The summed E-state index contributed by atoms with van der Waals surface area (Å²) in [6.45, 7) is 7.20. The van der Waals surface area contributed by atoms with Crippen LogP contribution in [0.2, 0.25) is 0 Å². The number of hydrogen-bond acceptors (Lipinski definition) is 3. The van der Waals surface area contributed by atoms with Gasteiger partial charge in [-0.2, -0.15) is 0 Å². The summed E-state index contributed by atoms with van der Waals surface area (Å²) >= 11 is 0. The first kappa shape index (κ1) is 14.8. The van der Waals surface area contributed by atoms with Gasteiger partial charge in [0.05, 0.1) is 5.56 Å². The summed E-state index contributed by atoms with van der Waals surface area (Å²) in [6, 6.07) is 3.29. The van der Waals surface area contributed by atoms with Gasteiger partial charge in [0.25, 0.3) is 0 Å². The van der Waals surface area contributed by atoms with Gasteiger partial charge in [0, 0.05) is 12.2 Å². The summed E-state index contributed by atoms with van der Waals surface area (Å²) in [5.74, 6) is 0.00284. The molecule has 0 amide bonds. The number of anilines is 1. The van der Waals surface area contributed by atoms with Crippen LogP contribution in [-0.4, -0.2) is 22.6 Å². The zero-order valence-electron chi connectivity index (χ0n) is 12.6. The quantitative estimate of drug-likeness (QED) is 0.856. The number of nitrogens with zero attached hydrogens (tertiary/aromatic N) is 1. The topological polar surface area (TPSA) is 62.2 Å². The second-order valence-electron chi connectivity index (χ2n) is 6.50. The van der Waals surface area contributed by atoms with Crippen molar-refractivity contribution in [3.63, 3.8) is 0 Å². The molecular formula is C16H24N2O2. The van der Waals surface area contributed by atoms with E-state index in [9.17, 15) is 9.90 Å². The molecule has 0 unspecified atom stereocenters. The van der Waals surface area contributed by atoms with Gasteiger partial charge in [-0.15, -0.1) is 0 Å². The van der Waals surface area contributed by atoms with E-state index in [4.69, 9.17) is 0 Å². The number of aromatic nitrogens is 1. The van der Waals surface area contributed by atoms with Gasteiger partial charge < -0.3 is 10.4 Å². The Balaban J connectivity index is 2.15. The number of carbonyl (C=O) groups is 1. The fraction of sp³-hybridized carbons (Fsp3) is 0.625. The third-order valence-corrected chi connectivity index (χ3v) is 4.19. The highest BCUT2D eigenvalue weighted by atomic mass is 16.4. The summed E-state index contributed by atoms with van der Waals surface area (Å²) < 4.78 is 0. The van der Waals surface area contributed by atoms with Gasteiger partial charge in [0.2, 0.25) is 0 Å². The number of pyridine rings is 1. The van der Waals surface area contributed by atoms with Crippen LogP contribution in [-0.2, 0) is 0 Å². The average Bonchev–Trinajstić information content (AvgIpc) is 2.83. The van der Waals surface area contributed by atoms with E-state index in [0.717, 1.165) is 12.2 Å². The lowest BCUT2D eigenvalue weighted by molar-refractivity contribution is 0.0696. The predicted molar refractivity (Wildman–Crippen MR) is 80.4 cm³/mol. The molecule has 1 fully saturated rings. The molecule has 4 nitrogen and oxygen atoms in total. The van der Waals surface area contributed by atoms with Gasteiger partial charge in [0.1, 0.15) is 5.82 Å². The molecule has 0 bridgehead atoms. The number of nitrogens with one attached hydrogen (secondary N) is 1. The van der Waals surface area contributed by atoms with E-state index >= 15 is 0 Å². The molecule has 2 N–H and O–H groups in total. The molecule has 0 atom stereocenters. The fourth-order valence-corrected chi connectivity index (χ4v) is 2.77. The van der Waals surface area contributed by atoms with Crippen molar-refractivity contribution >= 4 is 11.8 Å². The maximum Gasteiger partial charge on any atom is 0.335 e. The predicted octanol–water partition coefficient (Wildman–Crippen LogP) is 3.90. The molecule has 110 valence electrons. The molecule has 0 radical (unpaired) electrons. The SMILES string of the molecule is CC(C)c1cc(C(=O)O)cc(NCC2(C)CCCC2)n1. The van der Waals surface area contributed by atoms with Crippen molar-refractivity contribution in [3.8, 4) is 0 Å². The standard InChI is InChI=1S/C16H24N2O2/c1-11(2)13-8-12(15(19)20)9-14(18-13)17-10-16(3)6-4-5-7-16/h8-9,11H,4-7,10H2,1-3H3,(H,17,18)(H,19,20). The van der Waals surface area contributed by atoms with E-state index < -0.39 is 5.97 Å². The van der Waals surface area contributed by atoms with Crippen LogP contribution in [0.25, 0.3) is 0 Å². The van der Waals surface area contributed by atoms with Crippen LogP contribution in [0.5, 0.6) is 0 Å². The van der Waals surface area contributed by atoms with Gasteiger partial charge in [-0.05, 0) is 36.3 Å². The van der Waals surface area contributed by atoms with Gasteiger partial charge in [-0.25, -0.2) is 9.78 Å². The number of carboxylic acids is 1. The molecule has 0 saturated heterocycles. The van der Waals surface area contributed by atoms with Crippen LogP contribution >= 0.6 is 0 Å². The molecule has 0 spiro atoms. The van der Waals surface area contributed by atoms with Crippen molar-refractivity contribution in [1.82, 2.24) is 4.98 Å². The Bertz CT molecular complexity index is 491. The largest absolute Gasteiger partial charge is 0.478 e. The van der Waals surface area contributed by atoms with Crippen LogP contribution in [0.15, 0.2) is 12.1 Å². The summed E-state index contributed by atoms with van der Waals surface area (Å²) in [5.41, 5.74) is 1.45. The van der Waals surface area contributed by atoms with Crippen molar-refractivity contribution in [2.24, 2.45) is 5.41 Å². The Labute approximate surface area is 120 Å². The second kappa shape index (κ2) is 5.81. The second-order valence-corrected chi connectivity index (χ2v) is 6.50. The average molecular weight is 276 g/mol. The molecule has 1 heterocycles. The minimum Gasteiger partial charge on any atom is -0.478 e. The Kier molecular flexibility index (Phi) is 4.31. The first-order valence-corrected chi connectivity index (χ1v) is 7.39. The van der Waals surface area contributed by atoms with E-state index in [-0.39, 0.29) is 5.92 Å². The Morgan fingerprint density at radius 3 is 2.60 bits per heavy atom. The molecule has 1 aliphatic carbocycles. The van der Waals surface area contributed by atoms with Crippen LogP contribution in [0.1, 0.15) is 68.4 Å². The van der Waals surface area contributed by atoms with Gasteiger partial charge in [-0.1, -0.05) is 33.6 Å². The molecule has 1 aliphatic rings. The van der Waals surface area contributed by atoms with E-state index in [1.165, 1.54) is 25.7 Å². The fourth-order valence-electron chi connectivity index (χ4n) is 2.77. The molecule has 4 heteroatoms. The highest BCUT2D eigenvalue weighted by Crippen LogP contribution is 2.37. The summed E-state index contributed by atoms with van der Waals surface area (Å²) in [5, 5.41) is 12.5. The number of rotatable bonds is 5. The minimum atomic E-state index is -0.899. The van der Waals surface area contributed by atoms with E-state index in [1.807, 2.05) is 13.8 Å². The molecular weight excluding hydrogens is 252 g/mol. The molecule has 1 aromatic heterocycles. The lowest BCUT2D eigenvalue weighted by Crippen LogP contribution is -2.23. The van der Waals surface area contributed by atoms with E-state index in [2.05, 4.69) is 17.2 Å². The Morgan fingerprint density at radius 1 is 1.40 bits per heavy atom. The number of aromatic carboxylic acids is 1. The number of hydrogen-bond donors (Lipinski definition) is 2. The lowest BCUT2D eigenvalue weighted by Gasteiger charge is -2.24. The molecule has 0 aromatic carbocycles. The molecule has 2 rings (SSSR count). The van der Waals surface area contributed by atoms with Crippen molar-refractivity contribution in [2.75, 3.05) is 11.9 Å². The third kappa shape index (κ3) is 3.50. The maximum absolute atomic E-state index is 11.2. The first-order valence-electron chi connectivity index (χ1n) is 7.39. The zero-order valence-corrected chi connectivity index (χ0v) is 12.6. The van der Waals surface area contributed by atoms with Gasteiger partial charge >= 0.3 is 5.97 Å². The molecule has 1 saturated carbocycles. The van der Waals surface area contributed by atoms with Crippen molar-refractivity contribution in [1.29, 1.82) is 0 Å². The first-order chi connectivity index (χ1) is 9.39. The summed E-state index contributed by atoms with van der Waals surface area (Å²) in [7, 11) is 0. The van der Waals surface area contributed by atoms with E-state index in [0.29, 0.717) is 16.8 Å². The molecule has 0 aliphatic heterocycles. The van der Waals surface area contributed by atoms with Crippen LogP contribution in [0, 0.1) is 5.41 Å². The highest BCUT2D eigenvalue weighted by molar-refractivity contribution is 5.88. The number of carboxylic acid groups (broad SMARTS) is 1. The summed E-state index contributed by atoms with van der Waals surface area (Å²) in [4.78, 5) is 15.7. The van der Waals surface area contributed by atoms with Crippen molar-refractivity contribution in [2.45, 2.75) is 52.4 Å². The van der Waals surface area contributed by atoms with Crippen molar-refractivity contribution < 1.29 is 9.90 Å². The third-order valence-electron chi connectivity index (χ3n) is 4.19. The van der Waals surface area contributed by atoms with Crippen LogP contribution < -0.4 is 5.32 Å². The smallest absolute Gasteiger partial charge is 0.335 e. The highest BCUT2D eigenvalue weighted by Gasteiger charge is 2.28. The summed E-state index contributed by atoms with van der Waals surface area (Å²) in [6.07, 6.45) is 5.04. The van der Waals surface area contributed by atoms with Gasteiger partial charge in [-0.3, -0.25) is 0 Å². The Hall–Kier alpha value is -1.58. The zero-order chi connectivity index (χ0) is 14.8. The van der Waals surface area contributed by atoms with Crippen molar-refractivity contribution in [3.05, 3.63) is 23.4 Å². The molecule has 20 heavy (non-hydrogen) atoms. The monoisotopic (exact) mass is 276 g/mol. The molecule has 1 aromatic rings.